The highest BCUT2D eigenvalue weighted by molar-refractivity contribution is 5.98. The first-order chi connectivity index (χ1) is 13.3. The van der Waals surface area contributed by atoms with E-state index >= 15 is 0 Å². The van der Waals surface area contributed by atoms with E-state index in [-0.39, 0.29) is 5.56 Å². The molecule has 7 nitrogen and oxygen atoms in total. The van der Waals surface area contributed by atoms with Crippen molar-refractivity contribution in [2.24, 2.45) is 0 Å². The van der Waals surface area contributed by atoms with Crippen LogP contribution < -0.4 is 19.5 Å². The van der Waals surface area contributed by atoms with E-state index in [4.69, 9.17) is 18.9 Å². The Bertz CT molecular complexity index is 852. The maximum Gasteiger partial charge on any atom is 0.339 e. The van der Waals surface area contributed by atoms with Gasteiger partial charge in [0.05, 0.1) is 26.9 Å². The first kappa shape index (κ1) is 21.1. The van der Waals surface area contributed by atoms with Crippen molar-refractivity contribution in [2.75, 3.05) is 26.6 Å². The van der Waals surface area contributed by atoms with Gasteiger partial charge in [0.15, 0.2) is 17.6 Å². The lowest BCUT2D eigenvalue weighted by atomic mass is 10.1. The number of hydrogen-bond donors (Lipinski definition) is 1. The number of hydrogen-bond acceptors (Lipinski definition) is 6. The zero-order valence-electron chi connectivity index (χ0n) is 16.9. The average molecular weight is 387 g/mol. The molecule has 28 heavy (non-hydrogen) atoms. The van der Waals surface area contributed by atoms with E-state index in [0.29, 0.717) is 22.9 Å². The molecule has 0 radical (unpaired) electrons. The van der Waals surface area contributed by atoms with Crippen LogP contribution in [0.15, 0.2) is 30.3 Å². The second-order valence-electron chi connectivity index (χ2n) is 6.27. The zero-order valence-corrected chi connectivity index (χ0v) is 16.9. The summed E-state index contributed by atoms with van der Waals surface area (Å²) in [5.41, 5.74) is 2.80. The summed E-state index contributed by atoms with van der Waals surface area (Å²) in [7, 11) is 4.37. The number of benzene rings is 2. The Morgan fingerprint density at radius 2 is 1.54 bits per heavy atom. The summed E-state index contributed by atoms with van der Waals surface area (Å²) >= 11 is 0. The Labute approximate surface area is 164 Å². The van der Waals surface area contributed by atoms with Gasteiger partial charge in [-0.15, -0.1) is 0 Å². The number of amides is 1. The summed E-state index contributed by atoms with van der Waals surface area (Å²) in [6.45, 7) is 5.33. The molecule has 1 amide bonds. The van der Waals surface area contributed by atoms with Gasteiger partial charge in [-0.1, -0.05) is 12.1 Å². The molecule has 0 spiro atoms. The van der Waals surface area contributed by atoms with Crippen LogP contribution >= 0.6 is 0 Å². The van der Waals surface area contributed by atoms with Crippen LogP contribution in [-0.4, -0.2) is 39.3 Å². The predicted molar refractivity (Wildman–Crippen MR) is 106 cm³/mol. The van der Waals surface area contributed by atoms with Crippen LogP contribution in [0.2, 0.25) is 0 Å². The van der Waals surface area contributed by atoms with E-state index in [1.807, 2.05) is 32.0 Å². The molecule has 7 heteroatoms. The molecule has 0 aromatic heterocycles. The molecule has 0 heterocycles. The van der Waals surface area contributed by atoms with Gasteiger partial charge in [-0.05, 0) is 50.1 Å². The maximum absolute atomic E-state index is 12.5. The Balaban J connectivity index is 2.15. The molecule has 1 atom stereocenters. The van der Waals surface area contributed by atoms with Crippen molar-refractivity contribution in [3.63, 3.8) is 0 Å². The highest BCUT2D eigenvalue weighted by Crippen LogP contribution is 2.38. The Morgan fingerprint density at radius 3 is 2.07 bits per heavy atom. The van der Waals surface area contributed by atoms with Crippen molar-refractivity contribution < 1.29 is 28.5 Å². The fraction of sp³-hybridized carbons (Fsp3) is 0.333. The smallest absolute Gasteiger partial charge is 0.339 e. The van der Waals surface area contributed by atoms with Crippen LogP contribution in [0.4, 0.5) is 5.69 Å². The zero-order chi connectivity index (χ0) is 20.8. The minimum Gasteiger partial charge on any atom is -0.493 e. The summed E-state index contributed by atoms with van der Waals surface area (Å²) < 4.78 is 21.0. The third-order valence-corrected chi connectivity index (χ3v) is 4.20. The van der Waals surface area contributed by atoms with E-state index < -0.39 is 18.0 Å². The van der Waals surface area contributed by atoms with Crippen LogP contribution in [0.5, 0.6) is 17.2 Å². The van der Waals surface area contributed by atoms with Gasteiger partial charge >= 0.3 is 5.97 Å². The summed E-state index contributed by atoms with van der Waals surface area (Å²) in [6.07, 6.45) is -0.994. The van der Waals surface area contributed by atoms with Gasteiger partial charge in [0.2, 0.25) is 5.75 Å². The van der Waals surface area contributed by atoms with Gasteiger partial charge in [0, 0.05) is 5.69 Å². The first-order valence-corrected chi connectivity index (χ1v) is 8.69. The van der Waals surface area contributed by atoms with Gasteiger partial charge < -0.3 is 24.3 Å². The van der Waals surface area contributed by atoms with Crippen molar-refractivity contribution in [3.8, 4) is 17.2 Å². The molecule has 0 aliphatic heterocycles. The fourth-order valence-electron chi connectivity index (χ4n) is 2.59. The summed E-state index contributed by atoms with van der Waals surface area (Å²) in [5, 5.41) is 2.79. The van der Waals surface area contributed by atoms with E-state index in [0.717, 1.165) is 11.1 Å². The van der Waals surface area contributed by atoms with Crippen LogP contribution in [0.3, 0.4) is 0 Å². The van der Waals surface area contributed by atoms with Crippen molar-refractivity contribution in [1.29, 1.82) is 0 Å². The third kappa shape index (κ3) is 4.73. The number of esters is 1. The van der Waals surface area contributed by atoms with Crippen LogP contribution in [0.25, 0.3) is 0 Å². The number of methoxy groups -OCH3 is 3. The highest BCUT2D eigenvalue weighted by Gasteiger charge is 2.22. The highest BCUT2D eigenvalue weighted by atomic mass is 16.5. The lowest BCUT2D eigenvalue weighted by Gasteiger charge is -2.17. The number of aryl methyl sites for hydroxylation is 2. The molecule has 2 rings (SSSR count). The topological polar surface area (TPSA) is 83.1 Å². The molecular formula is C21H25NO6. The third-order valence-electron chi connectivity index (χ3n) is 4.20. The Morgan fingerprint density at radius 1 is 0.929 bits per heavy atom. The maximum atomic E-state index is 12.5. The molecule has 0 fully saturated rings. The Kier molecular flexibility index (Phi) is 6.87. The van der Waals surface area contributed by atoms with Gasteiger partial charge in [0.1, 0.15) is 0 Å². The first-order valence-electron chi connectivity index (χ1n) is 8.69. The fourth-order valence-corrected chi connectivity index (χ4v) is 2.59. The largest absolute Gasteiger partial charge is 0.493 e. The average Bonchev–Trinajstić information content (AvgIpc) is 2.69. The monoisotopic (exact) mass is 387 g/mol. The minimum absolute atomic E-state index is 0.181. The standard InChI is InChI=1S/C21H25NO6/c1-12-7-8-13(2)16(9-12)22-20(23)14(3)28-21(24)15-10-17(25-4)19(27-6)18(11-15)26-5/h7-11,14H,1-6H3,(H,22,23)/t14-/m1/s1. The second-order valence-corrected chi connectivity index (χ2v) is 6.27. The normalized spacial score (nSPS) is 11.4. The minimum atomic E-state index is -0.994. The van der Waals surface area contributed by atoms with Crippen molar-refractivity contribution in [1.82, 2.24) is 0 Å². The van der Waals surface area contributed by atoms with E-state index in [1.54, 1.807) is 0 Å². The number of ether oxygens (including phenoxy) is 4. The summed E-state index contributed by atoms with van der Waals surface area (Å²) in [5.74, 6) is -0.0952. The van der Waals surface area contributed by atoms with E-state index in [1.165, 1.54) is 40.4 Å². The Hall–Kier alpha value is -3.22. The number of anilines is 1. The molecule has 0 unspecified atom stereocenters. The van der Waals surface area contributed by atoms with E-state index in [9.17, 15) is 9.59 Å². The molecule has 150 valence electrons. The molecule has 0 saturated carbocycles. The van der Waals surface area contributed by atoms with E-state index in [2.05, 4.69) is 5.32 Å². The summed E-state index contributed by atoms with van der Waals surface area (Å²) in [6, 6.07) is 8.68. The predicted octanol–water partition coefficient (Wildman–Crippen LogP) is 3.51. The lowest BCUT2D eigenvalue weighted by Crippen LogP contribution is -2.30. The SMILES string of the molecule is COc1cc(C(=O)O[C@H](C)C(=O)Nc2cc(C)ccc2C)cc(OC)c1OC. The van der Waals surface area contributed by atoms with Gasteiger partial charge in [-0.3, -0.25) is 4.79 Å². The molecule has 2 aromatic carbocycles. The molecule has 0 saturated heterocycles. The van der Waals surface area contributed by atoms with Crippen molar-refractivity contribution >= 4 is 17.6 Å². The second kappa shape index (κ2) is 9.12. The molecule has 0 bridgehead atoms. The number of carbonyl (C=O) groups is 2. The van der Waals surface area contributed by atoms with Gasteiger partial charge in [-0.2, -0.15) is 0 Å². The number of carbonyl (C=O) groups excluding carboxylic acids is 2. The van der Waals surface area contributed by atoms with Gasteiger partial charge in [-0.25, -0.2) is 4.79 Å². The van der Waals surface area contributed by atoms with Crippen LogP contribution in [-0.2, 0) is 9.53 Å². The van der Waals surface area contributed by atoms with Crippen molar-refractivity contribution in [2.45, 2.75) is 26.9 Å². The van der Waals surface area contributed by atoms with Gasteiger partial charge in [0.25, 0.3) is 5.91 Å². The van der Waals surface area contributed by atoms with Crippen molar-refractivity contribution in [3.05, 3.63) is 47.0 Å². The number of nitrogens with one attached hydrogen (secondary N) is 1. The van der Waals surface area contributed by atoms with Crippen LogP contribution in [0, 0.1) is 13.8 Å². The quantitative estimate of drug-likeness (QED) is 0.732. The van der Waals surface area contributed by atoms with Crippen LogP contribution in [0.1, 0.15) is 28.4 Å². The molecule has 0 aliphatic rings. The number of rotatable bonds is 7. The summed E-state index contributed by atoms with van der Waals surface area (Å²) in [4.78, 5) is 24.9. The molecule has 1 N–H and O–H groups in total. The molecule has 0 aliphatic carbocycles. The lowest BCUT2D eigenvalue weighted by molar-refractivity contribution is -0.123. The molecular weight excluding hydrogens is 362 g/mol. The molecule has 2 aromatic rings.